The van der Waals surface area contributed by atoms with Gasteiger partial charge in [0.05, 0.1) is 26.0 Å². The number of benzene rings is 4. The van der Waals surface area contributed by atoms with Crippen LogP contribution in [0.4, 0.5) is 5.69 Å². The lowest BCUT2D eigenvalue weighted by Gasteiger charge is -2.26. The van der Waals surface area contributed by atoms with E-state index >= 15 is 0 Å². The zero-order valence-corrected chi connectivity index (χ0v) is 20.3. The minimum atomic E-state index is -0.211. The Morgan fingerprint density at radius 3 is 2.60 bits per heavy atom. The van der Waals surface area contributed by atoms with E-state index in [4.69, 9.17) is 26.8 Å². The van der Waals surface area contributed by atoms with Gasteiger partial charge in [-0.1, -0.05) is 54.6 Å². The minimum absolute atomic E-state index is 0.211. The number of phenols is 1. The van der Waals surface area contributed by atoms with Crippen LogP contribution in [0.15, 0.2) is 90.0 Å². The predicted molar refractivity (Wildman–Crippen MR) is 144 cm³/mol. The highest BCUT2D eigenvalue weighted by atomic mass is 32.1. The summed E-state index contributed by atoms with van der Waals surface area (Å²) in [5.74, 6) is 1.70. The Labute approximate surface area is 209 Å². The molecule has 1 aliphatic heterocycles. The maximum absolute atomic E-state index is 11.1. The van der Waals surface area contributed by atoms with Gasteiger partial charge >= 0.3 is 0 Å². The Kier molecular flexibility index (Phi) is 6.25. The van der Waals surface area contributed by atoms with Gasteiger partial charge < -0.3 is 19.9 Å². The van der Waals surface area contributed by atoms with Crippen molar-refractivity contribution in [3.63, 3.8) is 0 Å². The largest absolute Gasteiger partial charge is 0.507 e. The topological polar surface area (TPSA) is 66.3 Å². The molecule has 2 N–H and O–H groups in total. The van der Waals surface area contributed by atoms with E-state index < -0.39 is 0 Å². The van der Waals surface area contributed by atoms with Gasteiger partial charge in [0.2, 0.25) is 0 Å². The van der Waals surface area contributed by atoms with Crippen molar-refractivity contribution in [2.45, 2.75) is 12.5 Å². The second kappa shape index (κ2) is 9.64. The summed E-state index contributed by atoms with van der Waals surface area (Å²) in [6.45, 7) is 0. The van der Waals surface area contributed by atoms with Crippen molar-refractivity contribution < 1.29 is 14.6 Å². The molecule has 1 unspecified atom stereocenters. The number of hydrogen-bond acceptors (Lipinski definition) is 5. The molecule has 0 saturated heterocycles. The van der Waals surface area contributed by atoms with Crippen molar-refractivity contribution in [3.8, 4) is 17.2 Å². The zero-order valence-electron chi connectivity index (χ0n) is 19.4. The summed E-state index contributed by atoms with van der Waals surface area (Å²) in [5.41, 5.74) is 3.20. The van der Waals surface area contributed by atoms with Gasteiger partial charge in [0.1, 0.15) is 17.2 Å². The van der Waals surface area contributed by atoms with Gasteiger partial charge in [-0.3, -0.25) is 0 Å². The highest BCUT2D eigenvalue weighted by molar-refractivity contribution is 7.80. The van der Waals surface area contributed by atoms with Crippen molar-refractivity contribution in [2.24, 2.45) is 5.10 Å². The number of ether oxygens (including phenoxy) is 2. The quantitative estimate of drug-likeness (QED) is 0.334. The third-order valence-corrected chi connectivity index (χ3v) is 6.44. The van der Waals surface area contributed by atoms with E-state index in [1.54, 1.807) is 19.2 Å². The van der Waals surface area contributed by atoms with Crippen LogP contribution in [0.25, 0.3) is 10.8 Å². The smallest absolute Gasteiger partial charge is 0.194 e. The normalized spacial score (nSPS) is 15.1. The molecule has 0 aliphatic carbocycles. The molecule has 7 heteroatoms. The van der Waals surface area contributed by atoms with Crippen LogP contribution in [0.1, 0.15) is 23.6 Å². The first kappa shape index (κ1) is 22.7. The molecular weight excluding hydrogens is 458 g/mol. The lowest BCUT2D eigenvalue weighted by atomic mass is 9.95. The highest BCUT2D eigenvalue weighted by Crippen LogP contribution is 2.40. The molecule has 5 rings (SSSR count). The second-order valence-electron chi connectivity index (χ2n) is 8.20. The van der Waals surface area contributed by atoms with Gasteiger partial charge in [-0.25, -0.2) is 5.01 Å². The first-order valence-corrected chi connectivity index (χ1v) is 11.7. The van der Waals surface area contributed by atoms with Crippen molar-refractivity contribution >= 4 is 39.5 Å². The molecule has 0 saturated carbocycles. The first-order valence-electron chi connectivity index (χ1n) is 11.2. The molecule has 176 valence electrons. The van der Waals surface area contributed by atoms with Crippen molar-refractivity contribution in [3.05, 3.63) is 96.1 Å². The summed E-state index contributed by atoms with van der Waals surface area (Å²) in [4.78, 5) is 0. The Bertz CT molecular complexity index is 1440. The van der Waals surface area contributed by atoms with Crippen molar-refractivity contribution in [2.75, 3.05) is 19.5 Å². The van der Waals surface area contributed by atoms with Crippen LogP contribution in [0, 0.1) is 0 Å². The van der Waals surface area contributed by atoms with Crippen molar-refractivity contribution in [1.82, 2.24) is 5.01 Å². The molecule has 0 bridgehead atoms. The fourth-order valence-corrected chi connectivity index (χ4v) is 4.70. The Morgan fingerprint density at radius 2 is 1.77 bits per heavy atom. The standard InChI is InChI=1S/C28H25N3O3S/c1-33-20-10-7-9-19(16-20)29-28(35)31-25(23-12-5-6-13-26(23)34-2)17-24(30-31)22-15-14-18-8-3-4-11-21(18)27(22)32/h3-16,25,32H,17H2,1-2H3,(H,29,35). The number of nitrogens with zero attached hydrogens (tertiary/aromatic N) is 2. The molecular formula is C28H25N3O3S. The number of nitrogens with one attached hydrogen (secondary N) is 1. The molecule has 4 aromatic rings. The molecule has 0 fully saturated rings. The summed E-state index contributed by atoms with van der Waals surface area (Å²) in [6, 6.07) is 26.9. The average molecular weight is 484 g/mol. The molecule has 0 aromatic heterocycles. The first-order chi connectivity index (χ1) is 17.1. The van der Waals surface area contributed by atoms with Crippen LogP contribution in [0.2, 0.25) is 0 Å². The van der Waals surface area contributed by atoms with E-state index in [-0.39, 0.29) is 11.8 Å². The van der Waals surface area contributed by atoms with Gasteiger partial charge in [-0.05, 0) is 41.9 Å². The monoisotopic (exact) mass is 483 g/mol. The number of hydrazone groups is 1. The molecule has 0 spiro atoms. The van der Waals surface area contributed by atoms with E-state index in [9.17, 15) is 5.11 Å². The number of phenolic OH excluding ortho intramolecular Hbond substituents is 1. The number of fused-ring (bicyclic) bond motifs is 1. The number of rotatable bonds is 5. The van der Waals surface area contributed by atoms with E-state index in [1.807, 2.05) is 84.9 Å². The molecule has 1 heterocycles. The third kappa shape index (κ3) is 4.38. The average Bonchev–Trinajstić information content (AvgIpc) is 3.34. The lowest BCUT2D eigenvalue weighted by molar-refractivity contribution is 0.350. The number of para-hydroxylation sites is 1. The van der Waals surface area contributed by atoms with Crippen LogP contribution < -0.4 is 14.8 Å². The fourth-order valence-electron chi connectivity index (χ4n) is 4.41. The van der Waals surface area contributed by atoms with Gasteiger partial charge in [-0.2, -0.15) is 5.10 Å². The number of methoxy groups -OCH3 is 2. The predicted octanol–water partition coefficient (Wildman–Crippen LogP) is 6.11. The van der Waals surface area contributed by atoms with E-state index in [1.165, 1.54) is 0 Å². The molecule has 0 amide bonds. The van der Waals surface area contributed by atoms with E-state index in [0.717, 1.165) is 39.2 Å². The fraction of sp³-hybridized carbons (Fsp3) is 0.143. The van der Waals surface area contributed by atoms with Crippen LogP contribution >= 0.6 is 12.2 Å². The summed E-state index contributed by atoms with van der Waals surface area (Å²) in [5, 5.41) is 23.3. The summed E-state index contributed by atoms with van der Waals surface area (Å²) < 4.78 is 11.0. The van der Waals surface area contributed by atoms with Gasteiger partial charge in [0.15, 0.2) is 5.11 Å². The van der Waals surface area contributed by atoms with Gasteiger partial charge in [-0.15, -0.1) is 0 Å². The Morgan fingerprint density at radius 1 is 0.971 bits per heavy atom. The SMILES string of the molecule is COc1cccc(NC(=S)N2N=C(c3ccc4ccccc4c3O)CC2c2ccccc2OC)c1. The molecule has 0 radical (unpaired) electrons. The van der Waals surface area contributed by atoms with Crippen LogP contribution in [0.5, 0.6) is 17.2 Å². The van der Waals surface area contributed by atoms with Crippen LogP contribution in [0.3, 0.4) is 0 Å². The maximum Gasteiger partial charge on any atom is 0.194 e. The van der Waals surface area contributed by atoms with Crippen LogP contribution in [-0.2, 0) is 0 Å². The molecule has 4 aromatic carbocycles. The number of hydrogen-bond donors (Lipinski definition) is 2. The molecule has 35 heavy (non-hydrogen) atoms. The lowest BCUT2D eigenvalue weighted by Crippen LogP contribution is -2.31. The van der Waals surface area contributed by atoms with E-state index in [2.05, 4.69) is 5.32 Å². The van der Waals surface area contributed by atoms with Gasteiger partial charge in [0.25, 0.3) is 0 Å². The highest BCUT2D eigenvalue weighted by Gasteiger charge is 2.34. The number of aromatic hydroxyl groups is 1. The minimum Gasteiger partial charge on any atom is -0.507 e. The molecule has 6 nitrogen and oxygen atoms in total. The van der Waals surface area contributed by atoms with Gasteiger partial charge in [0, 0.05) is 34.7 Å². The Hall–Kier alpha value is -4.10. The maximum atomic E-state index is 11.1. The Balaban J connectivity index is 1.55. The molecule has 1 aliphatic rings. The van der Waals surface area contributed by atoms with Crippen molar-refractivity contribution in [1.29, 1.82) is 0 Å². The third-order valence-electron chi connectivity index (χ3n) is 6.15. The number of anilines is 1. The summed E-state index contributed by atoms with van der Waals surface area (Å²) >= 11 is 5.81. The van der Waals surface area contributed by atoms with Crippen LogP contribution in [-0.4, -0.2) is 35.2 Å². The summed E-state index contributed by atoms with van der Waals surface area (Å²) in [6.07, 6.45) is 0.548. The van der Waals surface area contributed by atoms with E-state index in [0.29, 0.717) is 17.1 Å². The second-order valence-corrected chi connectivity index (χ2v) is 8.58. The molecule has 1 atom stereocenters. The number of thiocarbonyl (C=S) groups is 1. The zero-order chi connectivity index (χ0) is 24.4. The summed E-state index contributed by atoms with van der Waals surface area (Å²) in [7, 11) is 3.28.